The molecule has 0 aliphatic rings. The maximum absolute atomic E-state index is 14.1. The second kappa shape index (κ2) is 6.73. The number of rotatable bonds is 2. The van der Waals surface area contributed by atoms with Crippen molar-refractivity contribution in [1.82, 2.24) is 9.55 Å². The van der Waals surface area contributed by atoms with E-state index in [4.69, 9.17) is 11.6 Å². The second-order valence-electron chi connectivity index (χ2n) is 6.52. The molecule has 0 aliphatic carbocycles. The van der Waals surface area contributed by atoms with Crippen molar-refractivity contribution in [2.24, 2.45) is 7.05 Å². The first-order chi connectivity index (χ1) is 13.4. The Morgan fingerprint density at radius 3 is 2.68 bits per heavy atom. The molecule has 0 saturated heterocycles. The Bertz CT molecular complexity index is 1330. The third-order valence-electron chi connectivity index (χ3n) is 4.56. The van der Waals surface area contributed by atoms with E-state index in [0.717, 1.165) is 0 Å². The van der Waals surface area contributed by atoms with Gasteiger partial charge in [0.15, 0.2) is 0 Å². The zero-order valence-corrected chi connectivity index (χ0v) is 15.8. The number of benzene rings is 2. The summed E-state index contributed by atoms with van der Waals surface area (Å²) in [4.78, 5) is 29.9. The van der Waals surface area contributed by atoms with E-state index in [1.54, 1.807) is 54.9 Å². The molecule has 7 heteroatoms. The van der Waals surface area contributed by atoms with Crippen molar-refractivity contribution >= 4 is 45.0 Å². The zero-order chi connectivity index (χ0) is 20.0. The summed E-state index contributed by atoms with van der Waals surface area (Å²) in [7, 11) is 1.71. The smallest absolute Gasteiger partial charge is 0.261 e. The lowest BCUT2D eigenvalue weighted by Gasteiger charge is -2.12. The minimum Gasteiger partial charge on any atom is -0.348 e. The molecule has 0 unspecified atom stereocenters. The van der Waals surface area contributed by atoms with Crippen LogP contribution in [0.1, 0.15) is 16.1 Å². The van der Waals surface area contributed by atoms with Crippen LogP contribution in [-0.4, -0.2) is 15.5 Å². The van der Waals surface area contributed by atoms with Crippen LogP contribution >= 0.6 is 11.6 Å². The Morgan fingerprint density at radius 1 is 1.18 bits per heavy atom. The standard InChI is InChI=1S/C21H15ClFN3O2/c1-11-9-17(12-5-4-8-16(23)18(12)24-11)25-21(28)14-10-26(2)19-13(20(14)27)6-3-7-15(19)22/h3-10H,1-2H3,(H,24,25,28). The van der Waals surface area contributed by atoms with Crippen molar-refractivity contribution < 1.29 is 9.18 Å². The van der Waals surface area contributed by atoms with Crippen LogP contribution < -0.4 is 10.7 Å². The Morgan fingerprint density at radius 2 is 1.89 bits per heavy atom. The van der Waals surface area contributed by atoms with E-state index in [0.29, 0.717) is 32.7 Å². The molecule has 0 aliphatic heterocycles. The molecule has 28 heavy (non-hydrogen) atoms. The maximum atomic E-state index is 14.1. The molecular formula is C21H15ClFN3O2. The number of nitrogens with zero attached hydrogens (tertiary/aromatic N) is 2. The number of hydrogen-bond acceptors (Lipinski definition) is 3. The number of aromatic nitrogens is 2. The van der Waals surface area contributed by atoms with E-state index in [1.165, 1.54) is 12.3 Å². The van der Waals surface area contributed by atoms with Gasteiger partial charge in [0, 0.05) is 29.7 Å². The predicted octanol–water partition coefficient (Wildman–Crippen LogP) is 4.44. The van der Waals surface area contributed by atoms with Gasteiger partial charge < -0.3 is 9.88 Å². The van der Waals surface area contributed by atoms with Gasteiger partial charge in [-0.2, -0.15) is 0 Å². The maximum Gasteiger partial charge on any atom is 0.261 e. The molecule has 0 atom stereocenters. The summed E-state index contributed by atoms with van der Waals surface area (Å²) in [6.07, 6.45) is 1.45. The summed E-state index contributed by atoms with van der Waals surface area (Å²) < 4.78 is 15.7. The van der Waals surface area contributed by atoms with Crippen molar-refractivity contribution in [3.05, 3.63) is 81.0 Å². The van der Waals surface area contributed by atoms with Gasteiger partial charge in [0.25, 0.3) is 5.91 Å². The number of anilines is 1. The number of hydrogen-bond donors (Lipinski definition) is 1. The van der Waals surface area contributed by atoms with Crippen LogP contribution in [0.15, 0.2) is 53.5 Å². The number of halogens is 2. The predicted molar refractivity (Wildman–Crippen MR) is 109 cm³/mol. The molecule has 0 bridgehead atoms. The molecule has 5 nitrogen and oxygen atoms in total. The van der Waals surface area contributed by atoms with Gasteiger partial charge in [0.05, 0.1) is 16.2 Å². The summed E-state index contributed by atoms with van der Waals surface area (Å²) in [6, 6.07) is 11.1. The molecule has 1 amide bonds. The number of aryl methyl sites for hydroxylation is 2. The third kappa shape index (κ3) is 2.92. The highest BCUT2D eigenvalue weighted by atomic mass is 35.5. The topological polar surface area (TPSA) is 64.0 Å². The van der Waals surface area contributed by atoms with Gasteiger partial charge in [0.2, 0.25) is 5.43 Å². The molecule has 0 spiro atoms. The number of pyridine rings is 2. The van der Waals surface area contributed by atoms with Crippen LogP contribution in [0.5, 0.6) is 0 Å². The van der Waals surface area contributed by atoms with Crippen molar-refractivity contribution in [2.45, 2.75) is 6.92 Å². The van der Waals surface area contributed by atoms with E-state index in [2.05, 4.69) is 10.3 Å². The van der Waals surface area contributed by atoms with Crippen molar-refractivity contribution in [2.75, 3.05) is 5.32 Å². The summed E-state index contributed by atoms with van der Waals surface area (Å²) in [5.41, 5.74) is 1.20. The van der Waals surface area contributed by atoms with Gasteiger partial charge in [-0.25, -0.2) is 9.37 Å². The highest BCUT2D eigenvalue weighted by Gasteiger charge is 2.18. The first-order valence-electron chi connectivity index (χ1n) is 8.52. The molecule has 1 N–H and O–H groups in total. The Kier molecular flexibility index (Phi) is 4.35. The normalized spacial score (nSPS) is 11.1. The molecule has 140 valence electrons. The fourth-order valence-electron chi connectivity index (χ4n) is 3.32. The Hall–Kier alpha value is -3.25. The lowest BCUT2D eigenvalue weighted by Crippen LogP contribution is -2.23. The minimum atomic E-state index is -0.585. The summed E-state index contributed by atoms with van der Waals surface area (Å²) in [6.45, 7) is 1.71. The monoisotopic (exact) mass is 395 g/mol. The average molecular weight is 396 g/mol. The molecule has 0 radical (unpaired) electrons. The van der Waals surface area contributed by atoms with Crippen LogP contribution in [0.4, 0.5) is 10.1 Å². The lowest BCUT2D eigenvalue weighted by molar-refractivity contribution is 0.102. The fourth-order valence-corrected chi connectivity index (χ4v) is 3.62. The second-order valence-corrected chi connectivity index (χ2v) is 6.93. The number of carbonyl (C=O) groups is 1. The van der Waals surface area contributed by atoms with Gasteiger partial charge in [0.1, 0.15) is 16.9 Å². The van der Waals surface area contributed by atoms with Gasteiger partial charge in [-0.1, -0.05) is 29.8 Å². The van der Waals surface area contributed by atoms with Gasteiger partial charge in [-0.3, -0.25) is 9.59 Å². The lowest BCUT2D eigenvalue weighted by atomic mass is 10.1. The highest BCUT2D eigenvalue weighted by Crippen LogP contribution is 2.26. The number of amides is 1. The van der Waals surface area contributed by atoms with E-state index >= 15 is 0 Å². The van der Waals surface area contributed by atoms with Crippen molar-refractivity contribution in [3.63, 3.8) is 0 Å². The van der Waals surface area contributed by atoms with Gasteiger partial charge >= 0.3 is 0 Å². The number of fused-ring (bicyclic) bond motifs is 2. The van der Waals surface area contributed by atoms with Crippen LogP contribution in [0, 0.1) is 12.7 Å². The molecule has 0 fully saturated rings. The highest BCUT2D eigenvalue weighted by molar-refractivity contribution is 6.35. The van der Waals surface area contributed by atoms with E-state index < -0.39 is 17.2 Å². The van der Waals surface area contributed by atoms with Crippen molar-refractivity contribution in [1.29, 1.82) is 0 Å². The average Bonchev–Trinajstić information content (AvgIpc) is 2.65. The minimum absolute atomic E-state index is 0.0312. The Labute approximate surface area is 164 Å². The first-order valence-corrected chi connectivity index (χ1v) is 8.89. The zero-order valence-electron chi connectivity index (χ0n) is 15.1. The molecular weight excluding hydrogens is 381 g/mol. The Balaban J connectivity index is 1.85. The van der Waals surface area contributed by atoms with E-state index in [1.807, 2.05) is 0 Å². The van der Waals surface area contributed by atoms with Crippen LogP contribution in [-0.2, 0) is 7.05 Å². The summed E-state index contributed by atoms with van der Waals surface area (Å²) in [5.74, 6) is -1.06. The SMILES string of the molecule is Cc1cc(NC(=O)c2cn(C)c3c(Cl)cccc3c2=O)c2cccc(F)c2n1. The number of nitrogens with one attached hydrogen (secondary N) is 1. The third-order valence-corrected chi connectivity index (χ3v) is 4.87. The largest absolute Gasteiger partial charge is 0.348 e. The molecule has 4 rings (SSSR count). The van der Waals surface area contributed by atoms with Crippen LogP contribution in [0.25, 0.3) is 21.8 Å². The van der Waals surface area contributed by atoms with E-state index in [-0.39, 0.29) is 11.1 Å². The molecule has 4 aromatic rings. The fraction of sp³-hybridized carbons (Fsp3) is 0.0952. The number of carbonyl (C=O) groups excluding carboxylic acids is 1. The quantitative estimate of drug-likeness (QED) is 0.545. The van der Waals surface area contributed by atoms with Crippen LogP contribution in [0.2, 0.25) is 5.02 Å². The number of para-hydroxylation sites is 2. The summed E-state index contributed by atoms with van der Waals surface area (Å²) in [5, 5.41) is 3.96. The molecule has 2 aromatic heterocycles. The van der Waals surface area contributed by atoms with Gasteiger partial charge in [-0.15, -0.1) is 0 Å². The first kappa shape index (κ1) is 18.1. The summed E-state index contributed by atoms with van der Waals surface area (Å²) >= 11 is 6.19. The van der Waals surface area contributed by atoms with E-state index in [9.17, 15) is 14.0 Å². The van der Waals surface area contributed by atoms with Gasteiger partial charge in [-0.05, 0) is 31.2 Å². The molecule has 2 heterocycles. The van der Waals surface area contributed by atoms with Crippen LogP contribution in [0.3, 0.4) is 0 Å². The molecule has 2 aromatic carbocycles. The van der Waals surface area contributed by atoms with Crippen molar-refractivity contribution in [3.8, 4) is 0 Å². The molecule has 0 saturated carbocycles.